The molecule has 3 rings (SSSR count). The Morgan fingerprint density at radius 1 is 1.09 bits per heavy atom. The largest absolute Gasteiger partial charge is 0.496 e. The molecule has 3 nitrogen and oxygen atoms in total. The van der Waals surface area contributed by atoms with E-state index in [1.807, 2.05) is 39.0 Å². The van der Waals surface area contributed by atoms with Crippen LogP contribution >= 0.6 is 11.6 Å². The number of nitrogens with zero attached hydrogens (tertiary/aromatic N) is 1. The topological polar surface area (TPSA) is 21.7 Å². The van der Waals surface area contributed by atoms with Gasteiger partial charge >= 0.3 is 6.18 Å². The van der Waals surface area contributed by atoms with Crippen LogP contribution in [0.2, 0.25) is 5.02 Å². The highest BCUT2D eigenvalue weighted by molar-refractivity contribution is 6.30. The molecule has 0 saturated heterocycles. The van der Waals surface area contributed by atoms with Crippen molar-refractivity contribution in [2.45, 2.75) is 66.2 Å². The molecule has 0 radical (unpaired) electrons. The summed E-state index contributed by atoms with van der Waals surface area (Å²) in [7, 11) is 1.61. The van der Waals surface area contributed by atoms with Crippen LogP contribution in [0.15, 0.2) is 58.9 Å². The monoisotopic (exact) mass is 507 g/mol. The van der Waals surface area contributed by atoms with Crippen molar-refractivity contribution in [3.05, 3.63) is 80.7 Å². The van der Waals surface area contributed by atoms with E-state index in [1.165, 1.54) is 11.8 Å². The summed E-state index contributed by atoms with van der Waals surface area (Å²) in [5.41, 5.74) is 3.74. The lowest BCUT2D eigenvalue weighted by Crippen LogP contribution is -2.34. The molecule has 7 heteroatoms. The van der Waals surface area contributed by atoms with Gasteiger partial charge in [0.1, 0.15) is 17.6 Å². The number of methoxy groups -OCH3 is 1. The predicted molar refractivity (Wildman–Crippen MR) is 136 cm³/mol. The van der Waals surface area contributed by atoms with Gasteiger partial charge in [-0.1, -0.05) is 50.1 Å². The minimum atomic E-state index is -4.55. The third kappa shape index (κ3) is 5.39. The molecule has 1 atom stereocenters. The summed E-state index contributed by atoms with van der Waals surface area (Å²) < 4.78 is 55.9. The Balaban J connectivity index is 2.41. The highest BCUT2D eigenvalue weighted by atomic mass is 35.5. The average molecular weight is 508 g/mol. The highest BCUT2D eigenvalue weighted by Crippen LogP contribution is 2.47. The standard InChI is InChI=1S/C28H33ClF3NO2/c1-7-17(4)24-16-35-26(21-11-10-12-25(34-6)20(21)9-3)22-15-19(29)13-14-23(22)33(24)27(18(5)8-2)28(30,31)32/h10-15,26H,7-9,16H2,1-6H3/b24-17?,27-18+/t26-/m1/s1. The Morgan fingerprint density at radius 2 is 1.80 bits per heavy atom. The van der Waals surface area contributed by atoms with Crippen LogP contribution < -0.4 is 9.64 Å². The number of hydrogen-bond acceptors (Lipinski definition) is 3. The molecule has 35 heavy (non-hydrogen) atoms. The van der Waals surface area contributed by atoms with Gasteiger partial charge in [0.25, 0.3) is 0 Å². The molecule has 2 aromatic carbocycles. The number of allylic oxidation sites excluding steroid dienone is 3. The van der Waals surface area contributed by atoms with Gasteiger partial charge in [0.2, 0.25) is 0 Å². The van der Waals surface area contributed by atoms with Gasteiger partial charge in [0.05, 0.1) is 19.4 Å². The maximum atomic E-state index is 14.6. The molecule has 1 aliphatic heterocycles. The summed E-state index contributed by atoms with van der Waals surface area (Å²) >= 11 is 6.40. The van der Waals surface area contributed by atoms with E-state index in [0.717, 1.165) is 22.4 Å². The summed E-state index contributed by atoms with van der Waals surface area (Å²) in [6, 6.07) is 10.7. The Labute approximate surface area is 211 Å². The van der Waals surface area contributed by atoms with Crippen LogP contribution in [-0.2, 0) is 11.2 Å². The number of fused-ring (bicyclic) bond motifs is 1. The van der Waals surface area contributed by atoms with Crippen LogP contribution in [0.3, 0.4) is 0 Å². The van der Waals surface area contributed by atoms with Crippen LogP contribution in [0, 0.1) is 0 Å². The van der Waals surface area contributed by atoms with Crippen LogP contribution in [0.1, 0.15) is 70.3 Å². The zero-order valence-corrected chi connectivity index (χ0v) is 21.9. The summed E-state index contributed by atoms with van der Waals surface area (Å²) in [4.78, 5) is 1.36. The van der Waals surface area contributed by atoms with Crippen LogP contribution in [0.5, 0.6) is 5.75 Å². The number of benzene rings is 2. The summed E-state index contributed by atoms with van der Waals surface area (Å²) in [6.07, 6.45) is -3.63. The lowest BCUT2D eigenvalue weighted by atomic mass is 9.93. The highest BCUT2D eigenvalue weighted by Gasteiger charge is 2.43. The van der Waals surface area contributed by atoms with Gasteiger partial charge < -0.3 is 14.4 Å². The number of anilines is 1. The van der Waals surface area contributed by atoms with Crippen molar-refractivity contribution < 1.29 is 22.6 Å². The summed E-state index contributed by atoms with van der Waals surface area (Å²) in [6.45, 7) is 9.11. The van der Waals surface area contributed by atoms with Gasteiger partial charge in [-0.25, -0.2) is 0 Å². The molecule has 0 aromatic heterocycles. The molecule has 0 saturated carbocycles. The second-order valence-electron chi connectivity index (χ2n) is 8.67. The van der Waals surface area contributed by atoms with Gasteiger partial charge in [0, 0.05) is 16.3 Å². The molecule has 0 unspecified atom stereocenters. The van der Waals surface area contributed by atoms with Gasteiger partial charge in [-0.05, 0) is 74.1 Å². The van der Waals surface area contributed by atoms with Crippen molar-refractivity contribution in [1.29, 1.82) is 0 Å². The van der Waals surface area contributed by atoms with Crippen molar-refractivity contribution >= 4 is 17.3 Å². The van der Waals surface area contributed by atoms with Crippen molar-refractivity contribution in [3.63, 3.8) is 0 Å². The maximum Gasteiger partial charge on any atom is 0.431 e. The smallest absolute Gasteiger partial charge is 0.431 e. The molecule has 0 spiro atoms. The Hall–Kier alpha value is -2.44. The molecule has 1 aliphatic rings. The van der Waals surface area contributed by atoms with Crippen LogP contribution in [0.4, 0.5) is 18.9 Å². The third-order valence-corrected chi connectivity index (χ3v) is 6.88. The van der Waals surface area contributed by atoms with E-state index in [-0.39, 0.29) is 18.6 Å². The number of hydrogen-bond donors (Lipinski definition) is 0. The first-order valence-electron chi connectivity index (χ1n) is 11.9. The number of halogens is 4. The van der Waals surface area contributed by atoms with Crippen LogP contribution in [-0.4, -0.2) is 19.9 Å². The SMILES string of the molecule is CCC(C)=C1CO[C@H](c2cccc(OC)c2CC)c2cc(Cl)ccc2N1/C(=C(\C)CC)C(F)(F)F. The number of rotatable bonds is 6. The van der Waals surface area contributed by atoms with Crippen molar-refractivity contribution in [2.24, 2.45) is 0 Å². The minimum Gasteiger partial charge on any atom is -0.496 e. The first kappa shape index (κ1) is 27.2. The van der Waals surface area contributed by atoms with Gasteiger partial charge in [-0.3, -0.25) is 0 Å². The fourth-order valence-electron chi connectivity index (χ4n) is 4.56. The van der Waals surface area contributed by atoms with E-state index >= 15 is 0 Å². The molecule has 0 N–H and O–H groups in total. The Kier molecular flexibility index (Phi) is 8.60. The van der Waals surface area contributed by atoms with E-state index < -0.39 is 18.0 Å². The normalized spacial score (nSPS) is 18.6. The molecule has 2 aromatic rings. The van der Waals surface area contributed by atoms with Crippen LogP contribution in [0.25, 0.3) is 0 Å². The third-order valence-electron chi connectivity index (χ3n) is 6.64. The van der Waals surface area contributed by atoms with Crippen molar-refractivity contribution in [1.82, 2.24) is 0 Å². The summed E-state index contributed by atoms with van der Waals surface area (Å²) in [5.74, 6) is 0.719. The molecule has 1 heterocycles. The molecular formula is C28H33ClF3NO2. The van der Waals surface area contributed by atoms with E-state index in [1.54, 1.807) is 32.2 Å². The molecule has 0 aliphatic carbocycles. The first-order valence-corrected chi connectivity index (χ1v) is 12.3. The zero-order valence-electron chi connectivity index (χ0n) is 21.1. The molecule has 0 bridgehead atoms. The molecule has 190 valence electrons. The fourth-order valence-corrected chi connectivity index (χ4v) is 4.74. The maximum absolute atomic E-state index is 14.6. The second-order valence-corrected chi connectivity index (χ2v) is 9.11. The zero-order chi connectivity index (χ0) is 25.9. The lowest BCUT2D eigenvalue weighted by molar-refractivity contribution is -0.0939. The van der Waals surface area contributed by atoms with E-state index in [2.05, 4.69) is 0 Å². The second kappa shape index (κ2) is 11.1. The Morgan fingerprint density at radius 3 is 2.37 bits per heavy atom. The van der Waals surface area contributed by atoms with E-state index in [9.17, 15) is 13.2 Å². The first-order chi connectivity index (χ1) is 16.6. The lowest BCUT2D eigenvalue weighted by Gasteiger charge is -2.33. The van der Waals surface area contributed by atoms with Crippen molar-refractivity contribution in [3.8, 4) is 5.75 Å². The van der Waals surface area contributed by atoms with Gasteiger partial charge in [-0.15, -0.1) is 0 Å². The fraction of sp³-hybridized carbons (Fsp3) is 0.429. The quantitative estimate of drug-likeness (QED) is 0.390. The number of alkyl halides is 3. The average Bonchev–Trinajstić information content (AvgIpc) is 2.98. The van der Waals surface area contributed by atoms with Crippen molar-refractivity contribution in [2.75, 3.05) is 18.6 Å². The van der Waals surface area contributed by atoms with Gasteiger partial charge in [0.15, 0.2) is 0 Å². The predicted octanol–water partition coefficient (Wildman–Crippen LogP) is 8.77. The molecule has 0 fully saturated rings. The number of ether oxygens (including phenoxy) is 2. The molecule has 0 amide bonds. The van der Waals surface area contributed by atoms with E-state index in [4.69, 9.17) is 21.1 Å². The Bertz CT molecular complexity index is 1140. The van der Waals surface area contributed by atoms with E-state index in [0.29, 0.717) is 34.8 Å². The minimum absolute atomic E-state index is 0.0214. The van der Waals surface area contributed by atoms with Gasteiger partial charge in [-0.2, -0.15) is 13.2 Å². The summed E-state index contributed by atoms with van der Waals surface area (Å²) in [5, 5.41) is 0.433. The molecular weight excluding hydrogens is 475 g/mol.